The molecular weight excluding hydrogens is 309 g/mol. The number of carboxylic acid groups (broad SMARTS) is 1. The zero-order valence-electron chi connectivity index (χ0n) is 11.5. The van der Waals surface area contributed by atoms with Crippen molar-refractivity contribution in [3.8, 4) is 0 Å². The molecule has 5 nitrogen and oxygen atoms in total. The summed E-state index contributed by atoms with van der Waals surface area (Å²) in [5, 5.41) is 8.78. The summed E-state index contributed by atoms with van der Waals surface area (Å²) in [5.74, 6) is -2.38. The topological polar surface area (TPSA) is 60.9 Å². The number of aliphatic carboxylic acids is 1. The molecule has 21 heavy (non-hydrogen) atoms. The Labute approximate surface area is 124 Å². The van der Waals surface area contributed by atoms with E-state index < -0.39 is 30.1 Å². The van der Waals surface area contributed by atoms with Crippen LogP contribution in [-0.4, -0.2) is 63.3 Å². The van der Waals surface area contributed by atoms with Gasteiger partial charge in [0, 0.05) is 18.8 Å². The molecule has 0 saturated carbocycles. The Kier molecular flexibility index (Phi) is 4.60. The molecule has 3 atom stereocenters. The lowest BCUT2D eigenvalue weighted by atomic mass is 9.98. The van der Waals surface area contributed by atoms with Crippen LogP contribution in [0.3, 0.4) is 0 Å². The van der Waals surface area contributed by atoms with Gasteiger partial charge in [0.1, 0.15) is 6.04 Å². The predicted octanol–water partition coefficient (Wildman–Crippen LogP) is 2.23. The summed E-state index contributed by atoms with van der Waals surface area (Å²) in [6.07, 6.45) is -4.03. The van der Waals surface area contributed by atoms with E-state index in [1.54, 1.807) is 6.92 Å². The molecular formula is C12H17F3N2O3S. The van der Waals surface area contributed by atoms with Gasteiger partial charge in [0.05, 0.1) is 11.3 Å². The standard InChI is InChI=1S/C12H17F3N2O3S/c1-7-17(9(6-21-7)10(18)19)11(20)16-4-2-3-8(5-16)12(13,14)15/h7-9H,2-6H2,1H3,(H,18,19). The van der Waals surface area contributed by atoms with Crippen molar-refractivity contribution in [2.45, 2.75) is 37.4 Å². The van der Waals surface area contributed by atoms with E-state index in [1.807, 2.05) is 0 Å². The molecule has 120 valence electrons. The number of carboxylic acids is 1. The molecule has 3 unspecified atom stereocenters. The van der Waals surface area contributed by atoms with Gasteiger partial charge in [-0.25, -0.2) is 9.59 Å². The highest BCUT2D eigenvalue weighted by Crippen LogP contribution is 2.35. The highest BCUT2D eigenvalue weighted by atomic mass is 32.2. The van der Waals surface area contributed by atoms with Gasteiger partial charge in [-0.05, 0) is 19.8 Å². The van der Waals surface area contributed by atoms with Crippen LogP contribution in [-0.2, 0) is 4.79 Å². The van der Waals surface area contributed by atoms with Crippen LogP contribution in [0, 0.1) is 5.92 Å². The fraction of sp³-hybridized carbons (Fsp3) is 0.833. The van der Waals surface area contributed by atoms with E-state index >= 15 is 0 Å². The fourth-order valence-electron chi connectivity index (χ4n) is 2.70. The first-order chi connectivity index (χ1) is 9.71. The van der Waals surface area contributed by atoms with Gasteiger partial charge in [-0.15, -0.1) is 11.8 Å². The van der Waals surface area contributed by atoms with Crippen LogP contribution in [0.5, 0.6) is 0 Å². The second kappa shape index (κ2) is 5.94. The normalized spacial score (nSPS) is 30.6. The highest BCUT2D eigenvalue weighted by molar-refractivity contribution is 8.00. The SMILES string of the molecule is CC1SCC(C(=O)O)N1C(=O)N1CCCC(C(F)(F)F)C1. The number of hydrogen-bond donors (Lipinski definition) is 1. The smallest absolute Gasteiger partial charge is 0.393 e. The molecule has 2 rings (SSSR count). The minimum Gasteiger partial charge on any atom is -0.480 e. The number of rotatable bonds is 1. The first-order valence-electron chi connectivity index (χ1n) is 6.70. The first-order valence-corrected chi connectivity index (χ1v) is 7.75. The van der Waals surface area contributed by atoms with Crippen molar-refractivity contribution in [2.24, 2.45) is 5.92 Å². The Bertz CT molecular complexity index is 432. The molecule has 0 radical (unpaired) electrons. The van der Waals surface area contributed by atoms with Gasteiger partial charge in [-0.1, -0.05) is 0 Å². The van der Waals surface area contributed by atoms with Crippen LogP contribution in [0.25, 0.3) is 0 Å². The number of halogens is 3. The van der Waals surface area contributed by atoms with Gasteiger partial charge < -0.3 is 10.0 Å². The van der Waals surface area contributed by atoms with Crippen LogP contribution < -0.4 is 0 Å². The molecule has 1 N–H and O–H groups in total. The van der Waals surface area contributed by atoms with E-state index in [1.165, 1.54) is 16.7 Å². The monoisotopic (exact) mass is 326 g/mol. The second-order valence-electron chi connectivity index (χ2n) is 5.30. The summed E-state index contributed by atoms with van der Waals surface area (Å²) in [6.45, 7) is 1.55. The number of hydrogen-bond acceptors (Lipinski definition) is 3. The van der Waals surface area contributed by atoms with Gasteiger partial charge >= 0.3 is 18.2 Å². The molecule has 2 aliphatic rings. The van der Waals surface area contributed by atoms with E-state index in [0.29, 0.717) is 0 Å². The molecule has 2 heterocycles. The number of likely N-dealkylation sites (tertiary alicyclic amines) is 1. The van der Waals surface area contributed by atoms with Crippen molar-refractivity contribution in [1.29, 1.82) is 0 Å². The molecule has 2 saturated heterocycles. The Morgan fingerprint density at radius 3 is 2.57 bits per heavy atom. The molecule has 0 aromatic rings. The third kappa shape index (κ3) is 3.38. The van der Waals surface area contributed by atoms with Gasteiger partial charge in [-0.2, -0.15) is 13.2 Å². The number of piperidine rings is 1. The van der Waals surface area contributed by atoms with Crippen LogP contribution in [0.15, 0.2) is 0 Å². The maximum absolute atomic E-state index is 12.8. The van der Waals surface area contributed by atoms with Gasteiger partial charge in [-0.3, -0.25) is 4.90 Å². The summed E-state index contributed by atoms with van der Waals surface area (Å²) < 4.78 is 38.4. The summed E-state index contributed by atoms with van der Waals surface area (Å²) in [6, 6.07) is -1.57. The zero-order chi connectivity index (χ0) is 15.8. The Hall–Kier alpha value is -1.12. The highest BCUT2D eigenvalue weighted by Gasteiger charge is 2.46. The van der Waals surface area contributed by atoms with Crippen LogP contribution in [0.2, 0.25) is 0 Å². The van der Waals surface area contributed by atoms with Crippen molar-refractivity contribution >= 4 is 23.8 Å². The van der Waals surface area contributed by atoms with Crippen LogP contribution in [0.4, 0.5) is 18.0 Å². The molecule has 2 fully saturated rings. The first kappa shape index (κ1) is 16.3. The Balaban J connectivity index is 2.10. The Morgan fingerprint density at radius 2 is 2.00 bits per heavy atom. The molecule has 0 aromatic carbocycles. The van der Waals surface area contributed by atoms with Crippen molar-refractivity contribution < 1.29 is 27.9 Å². The third-order valence-corrected chi connectivity index (χ3v) is 5.10. The van der Waals surface area contributed by atoms with E-state index in [-0.39, 0.29) is 37.1 Å². The maximum atomic E-state index is 12.8. The lowest BCUT2D eigenvalue weighted by Crippen LogP contribution is -2.54. The van der Waals surface area contributed by atoms with Crippen molar-refractivity contribution in [2.75, 3.05) is 18.8 Å². The molecule has 0 aliphatic carbocycles. The van der Waals surface area contributed by atoms with Crippen molar-refractivity contribution in [3.05, 3.63) is 0 Å². The number of thioether (sulfide) groups is 1. The van der Waals surface area contributed by atoms with E-state index in [4.69, 9.17) is 5.11 Å². The fourth-order valence-corrected chi connectivity index (χ4v) is 3.87. The lowest BCUT2D eigenvalue weighted by molar-refractivity contribution is -0.184. The quantitative estimate of drug-likeness (QED) is 0.803. The number of amides is 2. The van der Waals surface area contributed by atoms with Crippen LogP contribution in [0.1, 0.15) is 19.8 Å². The average molecular weight is 326 g/mol. The van der Waals surface area contributed by atoms with E-state index in [2.05, 4.69) is 0 Å². The van der Waals surface area contributed by atoms with Crippen molar-refractivity contribution in [1.82, 2.24) is 9.80 Å². The summed E-state index contributed by atoms with van der Waals surface area (Å²) in [5.41, 5.74) is 0. The minimum atomic E-state index is -4.32. The number of carbonyl (C=O) groups is 2. The van der Waals surface area contributed by atoms with Crippen molar-refractivity contribution in [3.63, 3.8) is 0 Å². The zero-order valence-corrected chi connectivity index (χ0v) is 12.3. The molecule has 9 heteroatoms. The van der Waals surface area contributed by atoms with Gasteiger partial charge in [0.15, 0.2) is 0 Å². The minimum absolute atomic E-state index is 0.0138. The molecule has 0 spiro atoms. The van der Waals surface area contributed by atoms with Crippen LogP contribution >= 0.6 is 11.8 Å². The predicted molar refractivity (Wildman–Crippen MR) is 70.9 cm³/mol. The summed E-state index contributed by atoms with van der Waals surface area (Å²) in [7, 11) is 0. The summed E-state index contributed by atoms with van der Waals surface area (Å²) >= 11 is 1.32. The summed E-state index contributed by atoms with van der Waals surface area (Å²) in [4.78, 5) is 25.9. The number of nitrogens with zero attached hydrogens (tertiary/aromatic N) is 2. The van der Waals surface area contributed by atoms with Gasteiger partial charge in [0.2, 0.25) is 0 Å². The third-order valence-electron chi connectivity index (χ3n) is 3.88. The number of alkyl halides is 3. The largest absolute Gasteiger partial charge is 0.480 e. The molecule has 0 bridgehead atoms. The van der Waals surface area contributed by atoms with E-state index in [0.717, 1.165) is 4.90 Å². The van der Waals surface area contributed by atoms with Gasteiger partial charge in [0.25, 0.3) is 0 Å². The Morgan fingerprint density at radius 1 is 1.33 bits per heavy atom. The maximum Gasteiger partial charge on any atom is 0.393 e. The number of carbonyl (C=O) groups excluding carboxylic acids is 1. The second-order valence-corrected chi connectivity index (χ2v) is 6.65. The number of urea groups is 1. The molecule has 2 aliphatic heterocycles. The lowest BCUT2D eigenvalue weighted by Gasteiger charge is -2.37. The average Bonchev–Trinajstić information content (AvgIpc) is 2.79. The molecule has 2 amide bonds. The van der Waals surface area contributed by atoms with E-state index in [9.17, 15) is 22.8 Å². The molecule has 0 aromatic heterocycles.